The Hall–Kier alpha value is -1.05. The van der Waals surface area contributed by atoms with Gasteiger partial charge in [-0.05, 0) is 41.9 Å². The Labute approximate surface area is 124 Å². The minimum Gasteiger partial charge on any atom is -0.370 e. The van der Waals surface area contributed by atoms with Crippen LogP contribution in [0.15, 0.2) is 12.1 Å². The predicted octanol–water partition coefficient (Wildman–Crippen LogP) is 5.27. The zero-order chi connectivity index (χ0) is 15.7. The molecule has 0 N–H and O–H groups in total. The molecule has 114 valence electrons. The normalized spacial score (nSPS) is 12.7. The number of nitrogens with zero attached hydrogens (tertiary/aromatic N) is 1. The van der Waals surface area contributed by atoms with Crippen LogP contribution >= 0.6 is 0 Å². The van der Waals surface area contributed by atoms with Crippen LogP contribution in [0.3, 0.4) is 0 Å². The highest BCUT2D eigenvalue weighted by Gasteiger charge is 2.30. The maximum atomic E-state index is 15.1. The summed E-state index contributed by atoms with van der Waals surface area (Å²) >= 11 is 0. The van der Waals surface area contributed by atoms with Gasteiger partial charge in [0.15, 0.2) is 0 Å². The van der Waals surface area contributed by atoms with E-state index in [0.717, 1.165) is 29.9 Å². The number of halogens is 1. The molecule has 2 heteroatoms. The molecule has 20 heavy (non-hydrogen) atoms. The van der Waals surface area contributed by atoms with Gasteiger partial charge in [0.25, 0.3) is 0 Å². The van der Waals surface area contributed by atoms with Crippen molar-refractivity contribution in [1.29, 1.82) is 0 Å². The smallest absolute Gasteiger partial charge is 0.150 e. The summed E-state index contributed by atoms with van der Waals surface area (Å²) in [5.41, 5.74) is 2.45. The second-order valence-corrected chi connectivity index (χ2v) is 7.49. The van der Waals surface area contributed by atoms with Crippen LogP contribution in [-0.4, -0.2) is 13.1 Å². The first-order chi connectivity index (χ1) is 9.04. The molecule has 0 bridgehead atoms. The minimum atomic E-state index is -0.199. The third kappa shape index (κ3) is 3.34. The largest absolute Gasteiger partial charge is 0.370 e. The van der Waals surface area contributed by atoms with E-state index >= 15 is 4.39 Å². The van der Waals surface area contributed by atoms with Crippen molar-refractivity contribution >= 4 is 5.69 Å². The van der Waals surface area contributed by atoms with E-state index in [1.54, 1.807) is 0 Å². The lowest BCUT2D eigenvalue weighted by Gasteiger charge is -2.33. The molecule has 0 unspecified atom stereocenters. The van der Waals surface area contributed by atoms with Crippen LogP contribution in [0, 0.1) is 5.82 Å². The van der Waals surface area contributed by atoms with Crippen LogP contribution in [0.2, 0.25) is 0 Å². The van der Waals surface area contributed by atoms with Crippen LogP contribution in [0.4, 0.5) is 10.1 Å². The summed E-state index contributed by atoms with van der Waals surface area (Å²) in [4.78, 5) is 2.08. The van der Waals surface area contributed by atoms with Crippen LogP contribution in [-0.2, 0) is 10.8 Å². The highest BCUT2D eigenvalue weighted by Crippen LogP contribution is 2.39. The molecule has 1 aromatic rings. The molecule has 1 aromatic carbocycles. The van der Waals surface area contributed by atoms with E-state index in [1.165, 1.54) is 0 Å². The van der Waals surface area contributed by atoms with E-state index in [-0.39, 0.29) is 16.6 Å². The van der Waals surface area contributed by atoms with Crippen molar-refractivity contribution < 1.29 is 4.39 Å². The lowest BCUT2D eigenvalue weighted by molar-refractivity contribution is 0.486. The van der Waals surface area contributed by atoms with Crippen LogP contribution in [0.5, 0.6) is 0 Å². The van der Waals surface area contributed by atoms with Crippen LogP contribution in [0.25, 0.3) is 0 Å². The molecule has 0 aliphatic rings. The summed E-state index contributed by atoms with van der Waals surface area (Å²) in [5, 5.41) is 0. The average Bonchev–Trinajstić information content (AvgIpc) is 2.29. The van der Waals surface area contributed by atoms with E-state index < -0.39 is 0 Å². The molecule has 0 aromatic heterocycles. The molecule has 1 nitrogen and oxygen atoms in total. The number of benzene rings is 1. The van der Waals surface area contributed by atoms with Gasteiger partial charge in [-0.25, -0.2) is 4.39 Å². The summed E-state index contributed by atoms with van der Waals surface area (Å²) in [5.74, 6) is -0.0476. The van der Waals surface area contributed by atoms with Crippen LogP contribution < -0.4 is 4.90 Å². The van der Waals surface area contributed by atoms with E-state index in [2.05, 4.69) is 66.4 Å². The predicted molar refractivity (Wildman–Crippen MR) is 87.4 cm³/mol. The molecule has 0 amide bonds. The molecule has 0 aliphatic heterocycles. The lowest BCUT2D eigenvalue weighted by atomic mass is 9.74. The van der Waals surface area contributed by atoms with Crippen molar-refractivity contribution in [3.63, 3.8) is 0 Å². The second-order valence-electron chi connectivity index (χ2n) is 7.49. The number of hydrogen-bond acceptors (Lipinski definition) is 1. The zero-order valence-electron chi connectivity index (χ0n) is 14.4. The monoisotopic (exact) mass is 279 g/mol. The van der Waals surface area contributed by atoms with Crippen molar-refractivity contribution in [3.8, 4) is 0 Å². The fourth-order valence-corrected chi connectivity index (χ4v) is 2.73. The van der Waals surface area contributed by atoms with Crippen molar-refractivity contribution in [1.82, 2.24) is 0 Å². The third-order valence-electron chi connectivity index (χ3n) is 3.78. The molecule has 0 radical (unpaired) electrons. The third-order valence-corrected chi connectivity index (χ3v) is 3.78. The van der Waals surface area contributed by atoms with Gasteiger partial charge >= 0.3 is 0 Å². The number of anilines is 1. The Balaban J connectivity index is 3.60. The Morgan fingerprint density at radius 3 is 1.75 bits per heavy atom. The van der Waals surface area contributed by atoms with Gasteiger partial charge in [-0.1, -0.05) is 47.6 Å². The molecular formula is C18H30FN. The fourth-order valence-electron chi connectivity index (χ4n) is 2.73. The van der Waals surface area contributed by atoms with E-state index in [1.807, 2.05) is 6.07 Å². The van der Waals surface area contributed by atoms with Crippen molar-refractivity contribution in [2.75, 3.05) is 18.0 Å². The van der Waals surface area contributed by atoms with Crippen LogP contribution in [0.1, 0.15) is 66.5 Å². The highest BCUT2D eigenvalue weighted by atomic mass is 19.1. The fraction of sp³-hybridized carbons (Fsp3) is 0.667. The van der Waals surface area contributed by atoms with Gasteiger partial charge in [0.05, 0.1) is 5.69 Å². The van der Waals surface area contributed by atoms with Gasteiger partial charge in [0.2, 0.25) is 0 Å². The first-order valence-corrected chi connectivity index (χ1v) is 7.62. The van der Waals surface area contributed by atoms with Crippen molar-refractivity contribution in [3.05, 3.63) is 29.1 Å². The van der Waals surface area contributed by atoms with Gasteiger partial charge in [0.1, 0.15) is 5.82 Å². The molecule has 0 saturated carbocycles. The lowest BCUT2D eigenvalue weighted by Crippen LogP contribution is -2.28. The maximum Gasteiger partial charge on any atom is 0.150 e. The SMILES string of the molecule is CCN(CC)c1ccc(C(C)(C)C)c(C(C)(C)C)c1F. The maximum absolute atomic E-state index is 15.1. The topological polar surface area (TPSA) is 3.24 Å². The van der Waals surface area contributed by atoms with Crippen molar-refractivity contribution in [2.24, 2.45) is 0 Å². The molecule has 0 heterocycles. The molecule has 0 fully saturated rings. The summed E-state index contributed by atoms with van der Waals surface area (Å²) < 4.78 is 15.1. The number of rotatable bonds is 3. The minimum absolute atomic E-state index is 0.0476. The molecule has 1 rings (SSSR count). The molecule has 0 saturated heterocycles. The van der Waals surface area contributed by atoms with Gasteiger partial charge in [-0.2, -0.15) is 0 Å². The summed E-state index contributed by atoms with van der Waals surface area (Å²) in [6, 6.07) is 4.05. The Kier molecular flexibility index (Phi) is 4.89. The quantitative estimate of drug-likeness (QED) is 0.729. The summed E-state index contributed by atoms with van der Waals surface area (Å²) in [7, 11) is 0. The van der Waals surface area contributed by atoms with Gasteiger partial charge in [-0.3, -0.25) is 0 Å². The standard InChI is InChI=1S/C18H30FN/c1-9-20(10-2)14-12-11-13(17(3,4)5)15(16(14)19)18(6,7)8/h11-12H,9-10H2,1-8H3. The Bertz CT molecular complexity index is 460. The molecule has 0 spiro atoms. The van der Waals surface area contributed by atoms with Gasteiger partial charge in [-0.15, -0.1) is 0 Å². The van der Waals surface area contributed by atoms with E-state index in [9.17, 15) is 0 Å². The summed E-state index contributed by atoms with van der Waals surface area (Å²) in [6.45, 7) is 18.5. The van der Waals surface area contributed by atoms with Gasteiger partial charge < -0.3 is 4.90 Å². The zero-order valence-corrected chi connectivity index (χ0v) is 14.4. The Morgan fingerprint density at radius 2 is 1.40 bits per heavy atom. The molecule has 0 atom stereocenters. The van der Waals surface area contributed by atoms with E-state index in [0.29, 0.717) is 0 Å². The Morgan fingerprint density at radius 1 is 0.900 bits per heavy atom. The average molecular weight is 279 g/mol. The van der Waals surface area contributed by atoms with E-state index in [4.69, 9.17) is 0 Å². The van der Waals surface area contributed by atoms with Gasteiger partial charge in [0, 0.05) is 13.1 Å². The highest BCUT2D eigenvalue weighted by molar-refractivity contribution is 5.55. The second kappa shape index (κ2) is 5.75. The first kappa shape index (κ1) is 17.0. The first-order valence-electron chi connectivity index (χ1n) is 7.62. The molecule has 0 aliphatic carbocycles. The molecular weight excluding hydrogens is 249 g/mol. The number of hydrogen-bond donors (Lipinski definition) is 0. The van der Waals surface area contributed by atoms with Crippen molar-refractivity contribution in [2.45, 2.75) is 66.2 Å². The summed E-state index contributed by atoms with van der Waals surface area (Å²) in [6.07, 6.45) is 0.